The van der Waals surface area contributed by atoms with E-state index in [1.807, 2.05) is 0 Å². The van der Waals surface area contributed by atoms with Crippen molar-refractivity contribution < 1.29 is 23.1 Å². The summed E-state index contributed by atoms with van der Waals surface area (Å²) in [7, 11) is 0. The summed E-state index contributed by atoms with van der Waals surface area (Å²) in [4.78, 5) is 11.0. The Morgan fingerprint density at radius 1 is 1.47 bits per heavy atom. The van der Waals surface area contributed by atoms with E-state index in [-0.39, 0.29) is 5.56 Å². The van der Waals surface area contributed by atoms with Gasteiger partial charge in [-0.05, 0) is 25.1 Å². The third-order valence-electron chi connectivity index (χ3n) is 3.06. The Morgan fingerprint density at radius 2 is 2.05 bits per heavy atom. The van der Waals surface area contributed by atoms with Gasteiger partial charge in [-0.25, -0.2) is 13.2 Å². The first kappa shape index (κ1) is 16.0. The Labute approximate surface area is 116 Å². The van der Waals surface area contributed by atoms with E-state index in [9.17, 15) is 18.0 Å². The average molecular weight is 340 g/mol. The summed E-state index contributed by atoms with van der Waals surface area (Å²) in [5.74, 6) is -5.58. The molecule has 3 N–H and O–H groups in total. The first-order chi connectivity index (χ1) is 8.64. The highest BCUT2D eigenvalue weighted by atomic mass is 79.9. The lowest BCUT2D eigenvalue weighted by molar-refractivity contribution is -0.134. The molecule has 0 saturated carbocycles. The molecule has 0 bridgehead atoms. The third-order valence-corrected chi connectivity index (χ3v) is 3.55. The molecule has 19 heavy (non-hydrogen) atoms. The van der Waals surface area contributed by atoms with Crippen LogP contribution in [0.25, 0.3) is 0 Å². The smallest absolute Gasteiger partial charge is 0.280 e. The number of alkyl halides is 2. The number of carbonyl (C=O) groups excluding carboxylic acids is 1. The highest BCUT2D eigenvalue weighted by Gasteiger charge is 2.52. The largest absolute Gasteiger partial charge is 0.390 e. The van der Waals surface area contributed by atoms with Crippen LogP contribution in [0.3, 0.4) is 0 Å². The van der Waals surface area contributed by atoms with Gasteiger partial charge in [0.2, 0.25) is 5.91 Å². The number of nitrogens with two attached hydrogens (primary N) is 1. The quantitative estimate of drug-likeness (QED) is 0.864. The van der Waals surface area contributed by atoms with Gasteiger partial charge < -0.3 is 10.8 Å². The first-order valence-electron chi connectivity index (χ1n) is 5.36. The lowest BCUT2D eigenvalue weighted by Crippen LogP contribution is -2.48. The van der Waals surface area contributed by atoms with E-state index in [1.165, 1.54) is 6.07 Å². The lowest BCUT2D eigenvalue weighted by Gasteiger charge is -2.36. The second-order valence-corrected chi connectivity index (χ2v) is 5.38. The zero-order chi connectivity index (χ0) is 14.8. The zero-order valence-corrected chi connectivity index (χ0v) is 11.7. The van der Waals surface area contributed by atoms with Gasteiger partial charge in [-0.3, -0.25) is 4.79 Å². The van der Waals surface area contributed by atoms with Gasteiger partial charge >= 0.3 is 0 Å². The molecule has 0 aliphatic carbocycles. The van der Waals surface area contributed by atoms with E-state index in [4.69, 9.17) is 10.8 Å². The van der Waals surface area contributed by atoms with Crippen molar-refractivity contribution in [3.63, 3.8) is 0 Å². The Balaban J connectivity index is 3.47. The van der Waals surface area contributed by atoms with E-state index < -0.39 is 36.1 Å². The number of hydrogen-bond acceptors (Lipinski definition) is 2. The van der Waals surface area contributed by atoms with Gasteiger partial charge in [0.25, 0.3) is 5.92 Å². The van der Waals surface area contributed by atoms with Gasteiger partial charge in [0.15, 0.2) is 0 Å². The number of halogens is 4. The molecule has 1 amide bonds. The topological polar surface area (TPSA) is 63.3 Å². The van der Waals surface area contributed by atoms with Crippen LogP contribution in [-0.2, 0) is 10.2 Å². The van der Waals surface area contributed by atoms with Crippen LogP contribution >= 0.6 is 15.9 Å². The Hall–Kier alpha value is -1.08. The maximum Gasteiger partial charge on any atom is 0.280 e. The third kappa shape index (κ3) is 3.09. The summed E-state index contributed by atoms with van der Waals surface area (Å²) in [5.41, 5.74) is 2.37. The molecule has 0 heterocycles. The van der Waals surface area contributed by atoms with Crippen molar-refractivity contribution in [1.29, 1.82) is 0 Å². The van der Waals surface area contributed by atoms with Crippen molar-refractivity contribution in [2.45, 2.75) is 24.7 Å². The van der Waals surface area contributed by atoms with E-state index in [1.54, 1.807) is 0 Å². The molecule has 1 rings (SSSR count). The summed E-state index contributed by atoms with van der Waals surface area (Å²) in [6.45, 7) is -0.512. The number of aliphatic hydroxyl groups excluding tert-OH is 1. The predicted octanol–water partition coefficient (Wildman–Crippen LogP) is 2.35. The fourth-order valence-electron chi connectivity index (χ4n) is 1.86. The van der Waals surface area contributed by atoms with Crippen LogP contribution in [0.4, 0.5) is 13.2 Å². The number of hydrogen-bond donors (Lipinski definition) is 2. The van der Waals surface area contributed by atoms with Gasteiger partial charge in [-0.2, -0.15) is 0 Å². The number of carbonyl (C=O) groups is 1. The average Bonchev–Trinajstić information content (AvgIpc) is 2.31. The molecular weight excluding hydrogens is 327 g/mol. The van der Waals surface area contributed by atoms with E-state index in [0.717, 1.165) is 19.1 Å². The molecule has 106 valence electrons. The van der Waals surface area contributed by atoms with Crippen molar-refractivity contribution in [2.24, 2.45) is 5.73 Å². The molecule has 0 fully saturated rings. The molecular formula is C12H13BrF3NO2. The van der Waals surface area contributed by atoms with Crippen LogP contribution in [0.15, 0.2) is 22.7 Å². The van der Waals surface area contributed by atoms with Gasteiger partial charge in [0, 0.05) is 16.5 Å². The van der Waals surface area contributed by atoms with Crippen LogP contribution < -0.4 is 5.73 Å². The zero-order valence-electron chi connectivity index (χ0n) is 10.1. The maximum absolute atomic E-state index is 13.9. The second kappa shape index (κ2) is 5.50. The normalized spacial score (nSPS) is 15.1. The van der Waals surface area contributed by atoms with Crippen molar-refractivity contribution in [3.05, 3.63) is 34.1 Å². The molecule has 1 aromatic carbocycles. The van der Waals surface area contributed by atoms with Crippen LogP contribution in [0.2, 0.25) is 0 Å². The molecule has 1 aromatic rings. The molecule has 3 nitrogen and oxygen atoms in total. The highest BCUT2D eigenvalue weighted by Crippen LogP contribution is 2.43. The van der Waals surface area contributed by atoms with Gasteiger partial charge in [-0.1, -0.05) is 15.9 Å². The Morgan fingerprint density at radius 3 is 2.53 bits per heavy atom. The monoisotopic (exact) mass is 339 g/mol. The fraction of sp³-hybridized carbons (Fsp3) is 0.417. The number of amides is 1. The first-order valence-corrected chi connectivity index (χ1v) is 6.16. The molecule has 0 aliphatic rings. The van der Waals surface area contributed by atoms with E-state index in [0.29, 0.717) is 4.47 Å². The summed E-state index contributed by atoms with van der Waals surface area (Å²) in [6.07, 6.45) is -0.784. The SMILES string of the molecule is C[C@@](CC(N)=O)(c1cc(Br)ccc1F)C(F)(F)CO. The maximum atomic E-state index is 13.9. The molecule has 0 aromatic heterocycles. The molecule has 1 atom stereocenters. The molecule has 0 radical (unpaired) electrons. The van der Waals surface area contributed by atoms with Crippen LogP contribution in [0, 0.1) is 5.82 Å². The Bertz CT molecular complexity index is 496. The predicted molar refractivity (Wildman–Crippen MR) is 67.3 cm³/mol. The minimum atomic E-state index is -3.69. The van der Waals surface area contributed by atoms with Crippen LogP contribution in [-0.4, -0.2) is 23.5 Å². The summed E-state index contributed by atoms with van der Waals surface area (Å²) in [5, 5.41) is 8.83. The number of benzene rings is 1. The van der Waals surface area contributed by atoms with Crippen LogP contribution in [0.1, 0.15) is 18.9 Å². The minimum absolute atomic E-state index is 0.375. The summed E-state index contributed by atoms with van der Waals surface area (Å²) < 4.78 is 42.0. The lowest BCUT2D eigenvalue weighted by atomic mass is 9.73. The number of aliphatic hydroxyl groups is 1. The molecule has 0 aliphatic heterocycles. The van der Waals surface area contributed by atoms with Crippen LogP contribution in [0.5, 0.6) is 0 Å². The van der Waals surface area contributed by atoms with Gasteiger partial charge in [0.05, 0.1) is 5.41 Å². The number of rotatable bonds is 5. The molecule has 0 unspecified atom stereocenters. The fourth-order valence-corrected chi connectivity index (χ4v) is 2.23. The van der Waals surface area contributed by atoms with Crippen molar-refractivity contribution in [2.75, 3.05) is 6.61 Å². The second-order valence-electron chi connectivity index (χ2n) is 4.46. The van der Waals surface area contributed by atoms with Crippen molar-refractivity contribution in [1.82, 2.24) is 0 Å². The Kier molecular flexibility index (Phi) is 4.63. The van der Waals surface area contributed by atoms with E-state index >= 15 is 0 Å². The molecule has 0 spiro atoms. The highest BCUT2D eigenvalue weighted by molar-refractivity contribution is 9.10. The number of primary amides is 1. The minimum Gasteiger partial charge on any atom is -0.390 e. The standard InChI is InChI=1S/C12H13BrF3NO2/c1-11(5-10(17)19,12(15,16)6-18)8-4-7(13)2-3-9(8)14/h2-4,18H,5-6H2,1H3,(H2,17,19)/t11-/m1/s1. The summed E-state index contributed by atoms with van der Waals surface area (Å²) in [6, 6.07) is 3.51. The molecule has 7 heteroatoms. The van der Waals surface area contributed by atoms with Crippen molar-refractivity contribution in [3.8, 4) is 0 Å². The van der Waals surface area contributed by atoms with Crippen molar-refractivity contribution >= 4 is 21.8 Å². The summed E-state index contributed by atoms with van der Waals surface area (Å²) >= 11 is 3.05. The van der Waals surface area contributed by atoms with Gasteiger partial charge in [-0.15, -0.1) is 0 Å². The van der Waals surface area contributed by atoms with Gasteiger partial charge in [0.1, 0.15) is 12.4 Å². The molecule has 0 saturated heterocycles. The van der Waals surface area contributed by atoms with E-state index in [2.05, 4.69) is 15.9 Å².